The van der Waals surface area contributed by atoms with Gasteiger partial charge in [-0.05, 0) is 66.4 Å². The molecule has 0 atom stereocenters. The van der Waals surface area contributed by atoms with Crippen molar-refractivity contribution in [3.05, 3.63) is 77.0 Å². The van der Waals surface area contributed by atoms with E-state index in [0.29, 0.717) is 23.0 Å². The van der Waals surface area contributed by atoms with Crippen LogP contribution >= 0.6 is 0 Å². The van der Waals surface area contributed by atoms with Gasteiger partial charge in [0.2, 0.25) is 0 Å². The number of hydrogen-bond donors (Lipinski definition) is 2. The Balaban J connectivity index is 1.75. The second-order valence-electron chi connectivity index (χ2n) is 6.68. The van der Waals surface area contributed by atoms with E-state index in [9.17, 15) is 4.79 Å². The number of carbonyl (C=O) groups excluding carboxylic acids is 1. The number of hydrogen-bond acceptors (Lipinski definition) is 3. The Morgan fingerprint density at radius 2 is 1.81 bits per heavy atom. The van der Waals surface area contributed by atoms with E-state index >= 15 is 0 Å². The molecule has 3 rings (SSSR count). The fourth-order valence-corrected chi connectivity index (χ4v) is 2.85. The minimum absolute atomic E-state index is 0.122. The zero-order valence-corrected chi connectivity index (χ0v) is 15.2. The van der Waals surface area contributed by atoms with Crippen molar-refractivity contribution in [1.82, 2.24) is 0 Å². The van der Waals surface area contributed by atoms with Crippen molar-refractivity contribution in [2.24, 2.45) is 0 Å². The molecule has 0 saturated heterocycles. The van der Waals surface area contributed by atoms with E-state index in [-0.39, 0.29) is 12.5 Å². The fraction of sp³-hybridized carbons (Fsp3) is 0.227. The maximum atomic E-state index is 12.4. The van der Waals surface area contributed by atoms with Crippen LogP contribution in [0, 0.1) is 6.92 Å². The van der Waals surface area contributed by atoms with Gasteiger partial charge in [-0.25, -0.2) is 0 Å². The Morgan fingerprint density at radius 3 is 2.38 bits per heavy atom. The zero-order valence-electron chi connectivity index (χ0n) is 15.2. The Kier molecular flexibility index (Phi) is 5.24. The van der Waals surface area contributed by atoms with E-state index in [0.717, 1.165) is 16.8 Å². The molecule has 4 nitrogen and oxygen atoms in total. The lowest BCUT2D eigenvalue weighted by Crippen LogP contribution is -2.12. The number of nitrogens with one attached hydrogen (secondary N) is 1. The lowest BCUT2D eigenvalue weighted by atomic mass is 10.0. The fourth-order valence-electron chi connectivity index (χ4n) is 2.85. The number of anilines is 1. The molecule has 0 saturated carbocycles. The first-order valence-corrected chi connectivity index (χ1v) is 8.70. The van der Waals surface area contributed by atoms with Crippen LogP contribution in [-0.4, -0.2) is 11.0 Å². The van der Waals surface area contributed by atoms with Crippen LogP contribution in [-0.2, 0) is 6.61 Å². The summed E-state index contributed by atoms with van der Waals surface area (Å²) in [5.41, 5.74) is 4.50. The second kappa shape index (κ2) is 7.58. The molecule has 1 heterocycles. The van der Waals surface area contributed by atoms with Crippen LogP contribution in [0.5, 0.6) is 0 Å². The molecule has 0 spiro atoms. The summed E-state index contributed by atoms with van der Waals surface area (Å²) in [7, 11) is 0. The van der Waals surface area contributed by atoms with Crippen molar-refractivity contribution in [2.75, 3.05) is 5.32 Å². The first-order chi connectivity index (χ1) is 12.5. The van der Waals surface area contributed by atoms with Gasteiger partial charge in [-0.2, -0.15) is 0 Å². The third kappa shape index (κ3) is 3.86. The molecule has 0 aliphatic rings. The molecule has 0 fully saturated rings. The summed E-state index contributed by atoms with van der Waals surface area (Å²) in [5.74, 6) is 1.54. The molecule has 2 N–H and O–H groups in total. The number of aliphatic hydroxyl groups is 1. The van der Waals surface area contributed by atoms with E-state index in [1.165, 1.54) is 5.56 Å². The van der Waals surface area contributed by atoms with Crippen LogP contribution in [0.1, 0.15) is 47.0 Å². The average Bonchev–Trinajstić information content (AvgIpc) is 3.10. The topological polar surface area (TPSA) is 62.5 Å². The van der Waals surface area contributed by atoms with Crippen LogP contribution < -0.4 is 5.32 Å². The van der Waals surface area contributed by atoms with Crippen molar-refractivity contribution >= 4 is 11.6 Å². The highest BCUT2D eigenvalue weighted by Gasteiger charge is 2.11. The number of amides is 1. The highest BCUT2D eigenvalue weighted by atomic mass is 16.4. The summed E-state index contributed by atoms with van der Waals surface area (Å²) >= 11 is 0. The summed E-state index contributed by atoms with van der Waals surface area (Å²) in [6, 6.07) is 16.9. The largest absolute Gasteiger partial charge is 0.459 e. The van der Waals surface area contributed by atoms with Crippen LogP contribution in [0.25, 0.3) is 11.3 Å². The van der Waals surface area contributed by atoms with Gasteiger partial charge in [0.1, 0.15) is 18.1 Å². The van der Waals surface area contributed by atoms with Gasteiger partial charge in [0.15, 0.2) is 0 Å². The molecular formula is C22H23NO3. The van der Waals surface area contributed by atoms with E-state index < -0.39 is 0 Å². The number of carbonyl (C=O) groups is 1. The van der Waals surface area contributed by atoms with Gasteiger partial charge >= 0.3 is 0 Å². The van der Waals surface area contributed by atoms with E-state index in [1.54, 1.807) is 6.07 Å². The zero-order chi connectivity index (χ0) is 18.7. The van der Waals surface area contributed by atoms with Crippen LogP contribution in [0.15, 0.2) is 59.0 Å². The molecule has 3 aromatic rings. The monoisotopic (exact) mass is 349 g/mol. The number of rotatable bonds is 5. The summed E-state index contributed by atoms with van der Waals surface area (Å²) < 4.78 is 5.58. The number of aliphatic hydroxyl groups excluding tert-OH is 1. The molecule has 134 valence electrons. The first-order valence-electron chi connectivity index (χ1n) is 8.70. The van der Waals surface area contributed by atoms with Crippen molar-refractivity contribution in [1.29, 1.82) is 0 Å². The smallest absolute Gasteiger partial charge is 0.255 e. The Bertz CT molecular complexity index is 907. The van der Waals surface area contributed by atoms with Crippen molar-refractivity contribution in [2.45, 2.75) is 33.3 Å². The highest BCUT2D eigenvalue weighted by Crippen LogP contribution is 2.28. The number of aryl methyl sites for hydroxylation is 1. The van der Waals surface area contributed by atoms with Crippen LogP contribution in [0.4, 0.5) is 5.69 Å². The van der Waals surface area contributed by atoms with Crippen molar-refractivity contribution in [3.8, 4) is 11.3 Å². The predicted molar refractivity (Wildman–Crippen MR) is 103 cm³/mol. The third-order valence-electron chi connectivity index (χ3n) is 4.41. The van der Waals surface area contributed by atoms with E-state index in [2.05, 4.69) is 19.2 Å². The molecular weight excluding hydrogens is 326 g/mol. The lowest BCUT2D eigenvalue weighted by molar-refractivity contribution is 0.102. The Hall–Kier alpha value is -2.85. The minimum Gasteiger partial charge on any atom is -0.459 e. The maximum Gasteiger partial charge on any atom is 0.255 e. The van der Waals surface area contributed by atoms with Gasteiger partial charge in [-0.1, -0.05) is 26.0 Å². The second-order valence-corrected chi connectivity index (χ2v) is 6.68. The van der Waals surface area contributed by atoms with Gasteiger partial charge in [-0.3, -0.25) is 4.79 Å². The number of furan rings is 1. The van der Waals surface area contributed by atoms with E-state index in [4.69, 9.17) is 9.52 Å². The van der Waals surface area contributed by atoms with Crippen molar-refractivity contribution in [3.63, 3.8) is 0 Å². The lowest BCUT2D eigenvalue weighted by Gasteiger charge is -2.10. The summed E-state index contributed by atoms with van der Waals surface area (Å²) in [5, 5.41) is 12.1. The summed E-state index contributed by atoms with van der Waals surface area (Å²) in [4.78, 5) is 12.4. The van der Waals surface area contributed by atoms with Crippen molar-refractivity contribution < 1.29 is 14.3 Å². The molecule has 0 radical (unpaired) electrons. The molecule has 1 aromatic heterocycles. The van der Waals surface area contributed by atoms with Gasteiger partial charge in [0.05, 0.1) is 0 Å². The van der Waals surface area contributed by atoms with Crippen LogP contribution in [0.3, 0.4) is 0 Å². The van der Waals surface area contributed by atoms with Crippen LogP contribution in [0.2, 0.25) is 0 Å². The molecule has 2 aromatic carbocycles. The SMILES string of the molecule is Cc1cc(NC(=O)c2ccc(C(C)C)cc2)ccc1-c1ccc(CO)o1. The molecule has 26 heavy (non-hydrogen) atoms. The minimum atomic E-state index is -0.131. The predicted octanol–water partition coefficient (Wildman–Crippen LogP) is 5.12. The molecule has 1 amide bonds. The van der Waals surface area contributed by atoms with Gasteiger partial charge in [0.25, 0.3) is 5.91 Å². The highest BCUT2D eigenvalue weighted by molar-refractivity contribution is 6.04. The number of benzene rings is 2. The maximum absolute atomic E-state index is 12.4. The van der Waals surface area contributed by atoms with Gasteiger partial charge in [0, 0.05) is 16.8 Å². The molecule has 0 aliphatic heterocycles. The van der Waals surface area contributed by atoms with Gasteiger partial charge < -0.3 is 14.8 Å². The molecule has 0 aliphatic carbocycles. The standard InChI is InChI=1S/C22H23NO3/c1-14(2)16-4-6-17(7-5-16)22(25)23-18-8-10-20(15(3)12-18)21-11-9-19(13-24)26-21/h4-12,14,24H,13H2,1-3H3,(H,23,25). The quantitative estimate of drug-likeness (QED) is 0.672. The van der Waals surface area contributed by atoms with Gasteiger partial charge in [-0.15, -0.1) is 0 Å². The average molecular weight is 349 g/mol. The van der Waals surface area contributed by atoms with E-state index in [1.807, 2.05) is 55.5 Å². The first kappa shape index (κ1) is 18.0. The normalized spacial score (nSPS) is 11.0. The summed E-state index contributed by atoms with van der Waals surface area (Å²) in [6.45, 7) is 6.09. The summed E-state index contributed by atoms with van der Waals surface area (Å²) in [6.07, 6.45) is 0. The molecule has 0 unspecified atom stereocenters. The molecule has 0 bridgehead atoms. The Labute approximate surface area is 153 Å². The third-order valence-corrected chi connectivity index (χ3v) is 4.41. The molecule has 4 heteroatoms. The Morgan fingerprint density at radius 1 is 1.08 bits per heavy atom.